The first-order valence-electron chi connectivity index (χ1n) is 23.7. The van der Waals surface area contributed by atoms with Crippen LogP contribution in [0.2, 0.25) is 0 Å². The van der Waals surface area contributed by atoms with Crippen molar-refractivity contribution >= 4 is 45.0 Å². The van der Waals surface area contributed by atoms with Gasteiger partial charge in [-0.05, 0) is 147 Å². The van der Waals surface area contributed by atoms with Crippen LogP contribution >= 0.6 is 0 Å². The van der Waals surface area contributed by atoms with Crippen LogP contribution in [0.25, 0.3) is 44.1 Å². The first-order chi connectivity index (χ1) is 32.4. The van der Waals surface area contributed by atoms with Crippen molar-refractivity contribution in [3.63, 3.8) is 0 Å². The van der Waals surface area contributed by atoms with Gasteiger partial charge < -0.3 is 39.3 Å². The normalized spacial score (nSPS) is 17.4. The molecular formula is C53H64N10O4. The minimum atomic E-state index is -0.461. The predicted molar refractivity (Wildman–Crippen MR) is 266 cm³/mol. The molecule has 2 amide bonds. The van der Waals surface area contributed by atoms with E-state index in [0.717, 1.165) is 144 Å². The Morgan fingerprint density at radius 1 is 0.567 bits per heavy atom. The molecule has 2 aromatic carbocycles. The number of aromatic nitrogens is 4. The maximum atomic E-state index is 13.5. The first-order valence-corrected chi connectivity index (χ1v) is 23.7. The van der Waals surface area contributed by atoms with Gasteiger partial charge in [-0.2, -0.15) is 0 Å². The number of benzene rings is 2. The van der Waals surface area contributed by atoms with Gasteiger partial charge >= 0.3 is 0 Å². The van der Waals surface area contributed by atoms with Crippen LogP contribution in [0, 0.1) is 0 Å². The second-order valence-corrected chi connectivity index (χ2v) is 19.2. The molecule has 0 unspecified atom stereocenters. The highest BCUT2D eigenvalue weighted by atomic mass is 16.5. The average Bonchev–Trinajstić information content (AvgIpc) is 3.68. The Morgan fingerprint density at radius 2 is 1.00 bits per heavy atom. The van der Waals surface area contributed by atoms with Gasteiger partial charge in [0.1, 0.15) is 0 Å². The zero-order chi connectivity index (χ0) is 46.9. The number of likely N-dealkylation sites (N-methyl/N-ethyl adjacent to an activating group) is 2. The van der Waals surface area contributed by atoms with E-state index in [9.17, 15) is 9.59 Å². The number of fused-ring (bicyclic) bond motifs is 8. The number of ether oxygens (including phenoxy) is 2. The maximum Gasteiger partial charge on any atom is 0.237 e. The van der Waals surface area contributed by atoms with Crippen LogP contribution in [-0.2, 0) is 20.4 Å². The highest BCUT2D eigenvalue weighted by molar-refractivity contribution is 6.13. The number of pyridine rings is 4. The van der Waals surface area contributed by atoms with Crippen molar-refractivity contribution in [2.75, 3.05) is 112 Å². The molecule has 2 spiro atoms. The summed E-state index contributed by atoms with van der Waals surface area (Å²) in [6.45, 7) is 6.81. The lowest BCUT2D eigenvalue weighted by atomic mass is 9.72. The standard InChI is InChI=1S/C27H33N5O2.C26H31N5O2/c1-30(2)12-5-15-34-24-9-7-20(17-29-24)19-6-8-22-21(16-19)25-23(18-28-22)32(4)26(33)27(25)10-13-31(3)14-11-27;1-30(2)13-4-14-33-23-8-6-19(16-29-23)18-5-7-21-20(15-18)24-22(17-28-21)31(3)25(32)26(24)9-11-27-12-10-26/h6-9,16-18H,5,10-15H2,1-4H3;5-8,15-17,27H,4,9-14H2,1-3H3. The quantitative estimate of drug-likeness (QED) is 0.130. The molecule has 6 aromatic rings. The molecule has 2 saturated heterocycles. The van der Waals surface area contributed by atoms with Gasteiger partial charge in [-0.15, -0.1) is 0 Å². The molecule has 1 N–H and O–H groups in total. The van der Waals surface area contributed by atoms with Crippen LogP contribution in [0.4, 0.5) is 11.4 Å². The molecule has 14 nitrogen and oxygen atoms in total. The molecule has 4 aliphatic rings. The van der Waals surface area contributed by atoms with Crippen molar-refractivity contribution in [1.29, 1.82) is 0 Å². The van der Waals surface area contributed by atoms with E-state index in [0.29, 0.717) is 25.0 Å². The smallest absolute Gasteiger partial charge is 0.237 e. The topological polar surface area (TPSA) is 132 Å². The van der Waals surface area contributed by atoms with Crippen molar-refractivity contribution in [3.8, 4) is 34.0 Å². The third kappa shape index (κ3) is 8.95. The number of carbonyl (C=O) groups is 2. The summed E-state index contributed by atoms with van der Waals surface area (Å²) in [5, 5.41) is 5.54. The number of piperidine rings is 2. The van der Waals surface area contributed by atoms with Crippen LogP contribution in [0.15, 0.2) is 85.5 Å². The van der Waals surface area contributed by atoms with Crippen molar-refractivity contribution in [3.05, 3.63) is 96.6 Å². The summed E-state index contributed by atoms with van der Waals surface area (Å²) in [4.78, 5) is 55.4. The Labute approximate surface area is 394 Å². The zero-order valence-electron chi connectivity index (χ0n) is 40.1. The van der Waals surface area contributed by atoms with E-state index < -0.39 is 10.8 Å². The third-order valence-electron chi connectivity index (χ3n) is 14.2. The van der Waals surface area contributed by atoms with Gasteiger partial charge in [0.25, 0.3) is 0 Å². The second-order valence-electron chi connectivity index (χ2n) is 19.2. The minimum Gasteiger partial charge on any atom is -0.478 e. The SMILES string of the molecule is CN(C)CCCOc1ccc(-c2ccc3ncc4c(c3c2)C2(CCN(C)CC2)C(=O)N4C)cn1.CN(C)CCCOc1ccc(-c2ccc3ncc4c(c3c2)C2(CCNCC2)C(=O)N4C)cn1. The van der Waals surface area contributed by atoms with Gasteiger partial charge in [0.15, 0.2) is 0 Å². The molecule has 8 heterocycles. The molecule has 4 aliphatic heterocycles. The number of hydrogen-bond acceptors (Lipinski definition) is 12. The molecule has 2 fully saturated rings. The third-order valence-corrected chi connectivity index (χ3v) is 14.2. The molecule has 4 aromatic heterocycles. The van der Waals surface area contributed by atoms with Crippen molar-refractivity contribution in [2.45, 2.75) is 49.4 Å². The summed E-state index contributed by atoms with van der Waals surface area (Å²) in [7, 11) is 14.1. The average molecular weight is 905 g/mol. The Hall–Kier alpha value is -6.06. The van der Waals surface area contributed by atoms with Gasteiger partial charge in [-0.1, -0.05) is 12.1 Å². The Kier molecular flexibility index (Phi) is 13.3. The van der Waals surface area contributed by atoms with Gasteiger partial charge in [0.05, 0.1) is 58.8 Å². The molecule has 350 valence electrons. The summed E-state index contributed by atoms with van der Waals surface area (Å²) in [5.41, 5.74) is 9.27. The molecule has 10 rings (SSSR count). The van der Waals surface area contributed by atoms with Crippen LogP contribution in [0.5, 0.6) is 11.8 Å². The maximum absolute atomic E-state index is 13.5. The van der Waals surface area contributed by atoms with Gasteiger partial charge in [-0.25, -0.2) is 9.97 Å². The number of nitrogens with one attached hydrogen (secondary N) is 1. The van der Waals surface area contributed by atoms with Crippen LogP contribution in [-0.4, -0.2) is 148 Å². The van der Waals surface area contributed by atoms with Crippen molar-refractivity contribution in [2.24, 2.45) is 0 Å². The summed E-state index contributed by atoms with van der Waals surface area (Å²) < 4.78 is 11.6. The summed E-state index contributed by atoms with van der Waals surface area (Å²) >= 11 is 0. The van der Waals surface area contributed by atoms with E-state index in [4.69, 9.17) is 14.5 Å². The fourth-order valence-electron chi connectivity index (χ4n) is 10.5. The lowest BCUT2D eigenvalue weighted by Gasteiger charge is -2.37. The molecule has 0 bridgehead atoms. The number of nitrogens with zero attached hydrogens (tertiary/aromatic N) is 9. The number of amides is 2. The Bertz CT molecular complexity index is 2750. The molecule has 0 aliphatic carbocycles. The van der Waals surface area contributed by atoms with Crippen LogP contribution in [0.3, 0.4) is 0 Å². The number of likely N-dealkylation sites (tertiary alicyclic amines) is 1. The molecule has 67 heavy (non-hydrogen) atoms. The number of anilines is 2. The zero-order valence-corrected chi connectivity index (χ0v) is 40.1. The summed E-state index contributed by atoms with van der Waals surface area (Å²) in [5.74, 6) is 1.67. The van der Waals surface area contributed by atoms with E-state index in [-0.39, 0.29) is 11.8 Å². The molecule has 14 heteroatoms. The Balaban J connectivity index is 0.000000168. The monoisotopic (exact) mass is 905 g/mol. The van der Waals surface area contributed by atoms with Gasteiger partial charge in [-0.3, -0.25) is 19.6 Å². The van der Waals surface area contributed by atoms with E-state index in [2.05, 4.69) is 107 Å². The fourth-order valence-corrected chi connectivity index (χ4v) is 10.5. The number of rotatable bonds is 12. The van der Waals surface area contributed by atoms with Gasteiger partial charge in [0, 0.05) is 84.7 Å². The van der Waals surface area contributed by atoms with Crippen molar-refractivity contribution in [1.82, 2.24) is 40.0 Å². The summed E-state index contributed by atoms with van der Waals surface area (Å²) in [6, 6.07) is 20.6. The van der Waals surface area contributed by atoms with E-state index in [1.807, 2.05) is 68.0 Å². The fraction of sp³-hybridized carbons (Fsp3) is 0.434. The van der Waals surface area contributed by atoms with Crippen LogP contribution in [0.1, 0.15) is 49.7 Å². The number of carbonyl (C=O) groups excluding carboxylic acids is 2. The molecule has 0 atom stereocenters. The Morgan fingerprint density at radius 3 is 1.42 bits per heavy atom. The van der Waals surface area contributed by atoms with E-state index in [1.54, 1.807) is 4.90 Å². The lowest BCUT2D eigenvalue weighted by molar-refractivity contribution is -0.124. The molecule has 0 radical (unpaired) electrons. The second kappa shape index (κ2) is 19.3. The summed E-state index contributed by atoms with van der Waals surface area (Å²) in [6.07, 6.45) is 12.7. The highest BCUT2D eigenvalue weighted by Crippen LogP contribution is 2.51. The molecular weight excluding hydrogens is 841 g/mol. The first kappa shape index (κ1) is 46.1. The number of hydrogen-bond donors (Lipinski definition) is 1. The minimum absolute atomic E-state index is 0.191. The predicted octanol–water partition coefficient (Wildman–Crippen LogP) is 6.79. The van der Waals surface area contributed by atoms with E-state index in [1.165, 1.54) is 0 Å². The molecule has 0 saturated carbocycles. The van der Waals surface area contributed by atoms with Crippen molar-refractivity contribution < 1.29 is 19.1 Å². The van der Waals surface area contributed by atoms with E-state index >= 15 is 0 Å². The highest BCUT2D eigenvalue weighted by Gasteiger charge is 2.52. The largest absolute Gasteiger partial charge is 0.478 e. The van der Waals surface area contributed by atoms with Gasteiger partial charge in [0.2, 0.25) is 23.6 Å². The van der Waals surface area contributed by atoms with Crippen LogP contribution < -0.4 is 24.6 Å². The lowest BCUT2D eigenvalue weighted by Crippen LogP contribution is -2.47.